The number of rotatable bonds is 24. The van der Waals surface area contributed by atoms with Crippen LogP contribution in [0.1, 0.15) is 155 Å². The molecule has 0 heterocycles. The maximum absolute atomic E-state index is 2.50. The molecular formula is C28H60Si. The summed E-state index contributed by atoms with van der Waals surface area (Å²) in [5.41, 5.74) is 0. The summed E-state index contributed by atoms with van der Waals surface area (Å²) in [4.78, 5) is 0. The first-order valence-electron chi connectivity index (χ1n) is 14.1. The van der Waals surface area contributed by atoms with Gasteiger partial charge in [0.2, 0.25) is 0 Å². The highest BCUT2D eigenvalue weighted by Gasteiger charge is 2.11. The van der Waals surface area contributed by atoms with Crippen molar-refractivity contribution in [2.45, 2.75) is 180 Å². The molecule has 0 aromatic rings. The number of hydrogen-bond acceptors (Lipinski definition) is 0. The van der Waals surface area contributed by atoms with Gasteiger partial charge in [0.05, 0.1) is 0 Å². The molecule has 176 valence electrons. The SMILES string of the molecule is CCCCCCCCCCCCCCCCCCCCCCCCC[Si](C)(C)C. The van der Waals surface area contributed by atoms with Crippen LogP contribution in [0.3, 0.4) is 0 Å². The minimum absolute atomic E-state index is 0.775. The van der Waals surface area contributed by atoms with Crippen LogP contribution in [0, 0.1) is 0 Å². The van der Waals surface area contributed by atoms with E-state index in [1.54, 1.807) is 0 Å². The van der Waals surface area contributed by atoms with Crippen LogP contribution in [0.15, 0.2) is 0 Å². The van der Waals surface area contributed by atoms with Crippen LogP contribution in [0.5, 0.6) is 0 Å². The van der Waals surface area contributed by atoms with E-state index in [1.807, 2.05) is 0 Å². The van der Waals surface area contributed by atoms with Crippen LogP contribution < -0.4 is 0 Å². The van der Waals surface area contributed by atoms with Crippen LogP contribution in [0.2, 0.25) is 25.7 Å². The average Bonchev–Trinajstić information content (AvgIpc) is 2.67. The molecule has 0 aliphatic rings. The predicted octanol–water partition coefficient (Wildman–Crippen LogP) is 11.3. The van der Waals surface area contributed by atoms with Crippen LogP contribution in [-0.4, -0.2) is 8.07 Å². The maximum Gasteiger partial charge on any atom is 0.0442 e. The largest absolute Gasteiger partial charge is 0.0695 e. The quantitative estimate of drug-likeness (QED) is 0.107. The van der Waals surface area contributed by atoms with E-state index in [0.29, 0.717) is 0 Å². The van der Waals surface area contributed by atoms with Gasteiger partial charge in [-0.1, -0.05) is 180 Å². The maximum atomic E-state index is 2.50. The van der Waals surface area contributed by atoms with Gasteiger partial charge < -0.3 is 0 Å². The molecule has 0 saturated heterocycles. The van der Waals surface area contributed by atoms with E-state index in [1.165, 1.54) is 154 Å². The lowest BCUT2D eigenvalue weighted by Crippen LogP contribution is -2.18. The van der Waals surface area contributed by atoms with Crippen LogP contribution in [-0.2, 0) is 0 Å². The molecule has 0 aromatic carbocycles. The number of unbranched alkanes of at least 4 members (excludes halogenated alkanes) is 22. The Labute approximate surface area is 188 Å². The third kappa shape index (κ3) is 28.2. The number of hydrogen-bond donors (Lipinski definition) is 0. The van der Waals surface area contributed by atoms with Gasteiger partial charge in [0, 0.05) is 8.07 Å². The molecule has 0 rings (SSSR count). The molecule has 0 aromatic heterocycles. The van der Waals surface area contributed by atoms with Crippen molar-refractivity contribution >= 4 is 8.07 Å². The second kappa shape index (κ2) is 22.9. The Kier molecular flexibility index (Phi) is 23.1. The summed E-state index contributed by atoms with van der Waals surface area (Å²) in [6, 6.07) is 1.53. The van der Waals surface area contributed by atoms with E-state index < -0.39 is 8.07 Å². The molecule has 0 amide bonds. The predicted molar refractivity (Wildman–Crippen MR) is 140 cm³/mol. The van der Waals surface area contributed by atoms with Crippen LogP contribution >= 0.6 is 0 Å². The van der Waals surface area contributed by atoms with Gasteiger partial charge >= 0.3 is 0 Å². The third-order valence-corrected chi connectivity index (χ3v) is 8.38. The van der Waals surface area contributed by atoms with Crippen molar-refractivity contribution in [3.63, 3.8) is 0 Å². The Morgan fingerprint density at radius 1 is 0.310 bits per heavy atom. The summed E-state index contributed by atoms with van der Waals surface area (Å²) in [5.74, 6) is 0. The van der Waals surface area contributed by atoms with E-state index in [0.717, 1.165) is 0 Å². The first-order valence-corrected chi connectivity index (χ1v) is 17.8. The summed E-state index contributed by atoms with van der Waals surface area (Å²) in [6.07, 6.45) is 34.1. The average molecular weight is 425 g/mol. The monoisotopic (exact) mass is 424 g/mol. The lowest BCUT2D eigenvalue weighted by molar-refractivity contribution is 0.518. The smallest absolute Gasteiger partial charge is 0.0442 e. The van der Waals surface area contributed by atoms with Crippen molar-refractivity contribution < 1.29 is 0 Å². The van der Waals surface area contributed by atoms with E-state index in [-0.39, 0.29) is 0 Å². The molecule has 0 fully saturated rings. The van der Waals surface area contributed by atoms with Crippen LogP contribution in [0.25, 0.3) is 0 Å². The molecule has 0 bridgehead atoms. The van der Waals surface area contributed by atoms with Crippen molar-refractivity contribution in [1.82, 2.24) is 0 Å². The summed E-state index contributed by atoms with van der Waals surface area (Å²) >= 11 is 0. The fraction of sp³-hybridized carbons (Fsp3) is 1.00. The minimum Gasteiger partial charge on any atom is -0.0695 e. The summed E-state index contributed by atoms with van der Waals surface area (Å²) < 4.78 is 0. The molecular weight excluding hydrogens is 364 g/mol. The Morgan fingerprint density at radius 2 is 0.517 bits per heavy atom. The molecule has 29 heavy (non-hydrogen) atoms. The highest BCUT2D eigenvalue weighted by atomic mass is 28.3. The van der Waals surface area contributed by atoms with E-state index in [4.69, 9.17) is 0 Å². The molecule has 0 radical (unpaired) electrons. The van der Waals surface area contributed by atoms with E-state index in [2.05, 4.69) is 26.6 Å². The second-order valence-electron chi connectivity index (χ2n) is 11.1. The Hall–Kier alpha value is 0.217. The second-order valence-corrected chi connectivity index (χ2v) is 16.7. The summed E-state index contributed by atoms with van der Waals surface area (Å²) in [6.45, 7) is 9.82. The molecule has 0 aliphatic heterocycles. The van der Waals surface area contributed by atoms with Crippen LogP contribution in [0.4, 0.5) is 0 Å². The van der Waals surface area contributed by atoms with Gasteiger partial charge in [-0.05, 0) is 0 Å². The third-order valence-electron chi connectivity index (χ3n) is 6.53. The van der Waals surface area contributed by atoms with E-state index in [9.17, 15) is 0 Å². The van der Waals surface area contributed by atoms with Crippen molar-refractivity contribution in [3.05, 3.63) is 0 Å². The van der Waals surface area contributed by atoms with Gasteiger partial charge in [0.25, 0.3) is 0 Å². The molecule has 0 aliphatic carbocycles. The molecule has 1 heteroatoms. The molecule has 0 nitrogen and oxygen atoms in total. The molecule has 0 atom stereocenters. The van der Waals surface area contributed by atoms with Gasteiger partial charge in [0.1, 0.15) is 0 Å². The first kappa shape index (κ1) is 29.2. The fourth-order valence-corrected chi connectivity index (χ4v) is 5.75. The van der Waals surface area contributed by atoms with Crippen molar-refractivity contribution in [3.8, 4) is 0 Å². The molecule has 0 spiro atoms. The Balaban J connectivity index is 3.02. The summed E-state index contributed by atoms with van der Waals surface area (Å²) in [7, 11) is -0.775. The zero-order chi connectivity index (χ0) is 21.5. The Bertz CT molecular complexity index is 291. The highest BCUT2D eigenvalue weighted by molar-refractivity contribution is 6.76. The van der Waals surface area contributed by atoms with Crippen molar-refractivity contribution in [1.29, 1.82) is 0 Å². The van der Waals surface area contributed by atoms with Gasteiger partial charge in [0.15, 0.2) is 0 Å². The zero-order valence-electron chi connectivity index (χ0n) is 21.5. The van der Waals surface area contributed by atoms with E-state index >= 15 is 0 Å². The zero-order valence-corrected chi connectivity index (χ0v) is 22.5. The Morgan fingerprint density at radius 3 is 0.724 bits per heavy atom. The lowest BCUT2D eigenvalue weighted by Gasteiger charge is -2.14. The summed E-state index contributed by atoms with van der Waals surface area (Å²) in [5, 5.41) is 0. The van der Waals surface area contributed by atoms with Gasteiger partial charge in [-0.2, -0.15) is 0 Å². The standard InChI is InChI=1S/C28H60Si/c1-5-6-7-8-9-10-11-12-13-14-15-16-17-18-19-20-21-22-23-24-25-26-27-28-29(2,3)4/h5-28H2,1-4H3. The topological polar surface area (TPSA) is 0 Å². The molecule has 0 N–H and O–H groups in total. The highest BCUT2D eigenvalue weighted by Crippen LogP contribution is 2.17. The van der Waals surface area contributed by atoms with Crippen molar-refractivity contribution in [2.24, 2.45) is 0 Å². The molecule has 0 unspecified atom stereocenters. The van der Waals surface area contributed by atoms with Gasteiger partial charge in [-0.3, -0.25) is 0 Å². The lowest BCUT2D eigenvalue weighted by atomic mass is 10.0. The normalized spacial score (nSPS) is 12.0. The fourth-order valence-electron chi connectivity index (χ4n) is 4.44. The van der Waals surface area contributed by atoms with Gasteiger partial charge in [-0.15, -0.1) is 0 Å². The molecule has 0 saturated carbocycles. The van der Waals surface area contributed by atoms with Crippen molar-refractivity contribution in [2.75, 3.05) is 0 Å². The minimum atomic E-state index is -0.775. The van der Waals surface area contributed by atoms with Gasteiger partial charge in [-0.25, -0.2) is 0 Å². The first-order chi connectivity index (χ1) is 14.1.